The first-order chi connectivity index (χ1) is 9.56. The molecular formula is C14H19Cl2NO3S. The number of sulfonamides is 1. The molecule has 0 unspecified atom stereocenters. The van der Waals surface area contributed by atoms with Crippen molar-refractivity contribution < 1.29 is 13.5 Å². The maximum atomic E-state index is 12.8. The summed E-state index contributed by atoms with van der Waals surface area (Å²) in [6.07, 6.45) is 0.810. The summed E-state index contributed by atoms with van der Waals surface area (Å²) in [6.45, 7) is 5.65. The zero-order chi connectivity index (χ0) is 16.0. The van der Waals surface area contributed by atoms with Gasteiger partial charge in [-0.2, -0.15) is 4.31 Å². The van der Waals surface area contributed by atoms with Gasteiger partial charge in [0.25, 0.3) is 0 Å². The molecule has 0 amide bonds. The molecule has 1 fully saturated rings. The Balaban J connectivity index is 2.47. The largest absolute Gasteiger partial charge is 0.390 e. The van der Waals surface area contributed by atoms with E-state index in [1.54, 1.807) is 26.8 Å². The van der Waals surface area contributed by atoms with Crippen LogP contribution < -0.4 is 0 Å². The molecule has 0 aliphatic carbocycles. The van der Waals surface area contributed by atoms with Crippen molar-refractivity contribution in [2.45, 2.75) is 44.1 Å². The summed E-state index contributed by atoms with van der Waals surface area (Å²) in [4.78, 5) is 0.0794. The molecule has 0 spiro atoms. The normalized spacial score (nSPS) is 19.7. The van der Waals surface area contributed by atoms with Crippen molar-refractivity contribution in [3.05, 3.63) is 27.2 Å². The van der Waals surface area contributed by atoms with Crippen LogP contribution in [0, 0.1) is 13.8 Å². The Morgan fingerprint density at radius 2 is 1.76 bits per heavy atom. The fraction of sp³-hybridized carbons (Fsp3) is 0.571. The van der Waals surface area contributed by atoms with E-state index in [1.807, 2.05) is 0 Å². The molecule has 1 aliphatic rings. The van der Waals surface area contributed by atoms with Gasteiger partial charge in [-0.25, -0.2) is 8.42 Å². The summed E-state index contributed by atoms with van der Waals surface area (Å²) in [5, 5.41) is 10.6. The minimum absolute atomic E-state index is 0.0794. The first-order valence-corrected chi connectivity index (χ1v) is 8.93. The highest BCUT2D eigenvalue weighted by molar-refractivity contribution is 7.89. The van der Waals surface area contributed by atoms with Gasteiger partial charge in [0, 0.05) is 18.1 Å². The van der Waals surface area contributed by atoms with Gasteiger partial charge >= 0.3 is 0 Å². The molecule has 7 heteroatoms. The lowest BCUT2D eigenvalue weighted by atomic mass is 9.95. The van der Waals surface area contributed by atoms with E-state index in [-0.39, 0.29) is 23.0 Å². The third-order valence-electron chi connectivity index (χ3n) is 3.99. The molecule has 1 aromatic carbocycles. The second-order valence-electron chi connectivity index (χ2n) is 5.84. The van der Waals surface area contributed by atoms with Crippen LogP contribution >= 0.6 is 23.2 Å². The maximum absolute atomic E-state index is 12.8. The summed E-state index contributed by atoms with van der Waals surface area (Å²) in [6, 6.07) is 1.67. The van der Waals surface area contributed by atoms with Crippen LogP contribution in [0.1, 0.15) is 30.9 Å². The predicted molar refractivity (Wildman–Crippen MR) is 84.6 cm³/mol. The molecule has 1 saturated heterocycles. The first-order valence-electron chi connectivity index (χ1n) is 6.74. The summed E-state index contributed by atoms with van der Waals surface area (Å²) in [7, 11) is -3.71. The van der Waals surface area contributed by atoms with Crippen LogP contribution in [0.2, 0.25) is 10.0 Å². The van der Waals surface area contributed by atoms with Gasteiger partial charge in [-0.05, 0) is 50.8 Å². The fourth-order valence-electron chi connectivity index (χ4n) is 2.46. The highest BCUT2D eigenvalue weighted by Gasteiger charge is 2.36. The zero-order valence-electron chi connectivity index (χ0n) is 12.3. The van der Waals surface area contributed by atoms with E-state index in [1.165, 1.54) is 4.31 Å². The standard InChI is InChI=1S/C14H19Cl2NO3S/c1-9-8-11(15)10(2)13(12(9)16)21(19,20)17-6-4-14(3,18)5-7-17/h8,18H,4-7H2,1-3H3. The Morgan fingerprint density at radius 1 is 1.24 bits per heavy atom. The van der Waals surface area contributed by atoms with E-state index in [9.17, 15) is 13.5 Å². The average molecular weight is 352 g/mol. The van der Waals surface area contributed by atoms with Crippen LogP contribution in [0.5, 0.6) is 0 Å². The van der Waals surface area contributed by atoms with Gasteiger partial charge in [0.1, 0.15) is 4.90 Å². The predicted octanol–water partition coefficient (Wildman–Crippen LogP) is 3.15. The van der Waals surface area contributed by atoms with Crippen molar-refractivity contribution in [3.8, 4) is 0 Å². The van der Waals surface area contributed by atoms with Crippen LogP contribution in [-0.4, -0.2) is 36.5 Å². The van der Waals surface area contributed by atoms with E-state index in [0.29, 0.717) is 29.0 Å². The number of benzene rings is 1. The first kappa shape index (κ1) is 17.0. The minimum atomic E-state index is -3.71. The lowest BCUT2D eigenvalue weighted by molar-refractivity contribution is 0.0126. The highest BCUT2D eigenvalue weighted by Crippen LogP contribution is 2.36. The SMILES string of the molecule is Cc1cc(Cl)c(C)c(S(=O)(=O)N2CCC(C)(O)CC2)c1Cl. The lowest BCUT2D eigenvalue weighted by Gasteiger charge is -2.35. The minimum Gasteiger partial charge on any atom is -0.390 e. The van der Waals surface area contributed by atoms with Crippen molar-refractivity contribution in [2.24, 2.45) is 0 Å². The summed E-state index contributed by atoms with van der Waals surface area (Å²) >= 11 is 12.3. The topological polar surface area (TPSA) is 57.6 Å². The number of hydrogen-bond acceptors (Lipinski definition) is 3. The molecule has 1 N–H and O–H groups in total. The van der Waals surface area contributed by atoms with Gasteiger partial charge in [0.2, 0.25) is 10.0 Å². The fourth-order valence-corrected chi connectivity index (χ4v) is 5.07. The van der Waals surface area contributed by atoms with Gasteiger partial charge in [-0.15, -0.1) is 0 Å². The monoisotopic (exact) mass is 351 g/mol. The number of nitrogens with zero attached hydrogens (tertiary/aromatic N) is 1. The zero-order valence-corrected chi connectivity index (χ0v) is 14.6. The number of piperidine rings is 1. The smallest absolute Gasteiger partial charge is 0.244 e. The molecule has 0 aromatic heterocycles. The Hall–Kier alpha value is -0.330. The Bertz CT molecular complexity index is 635. The van der Waals surface area contributed by atoms with Gasteiger partial charge in [0.05, 0.1) is 10.6 Å². The third kappa shape index (κ3) is 3.22. The molecule has 0 atom stereocenters. The van der Waals surface area contributed by atoms with Crippen molar-refractivity contribution in [2.75, 3.05) is 13.1 Å². The van der Waals surface area contributed by atoms with Gasteiger partial charge in [-0.3, -0.25) is 0 Å². The lowest BCUT2D eigenvalue weighted by Crippen LogP contribution is -2.45. The number of rotatable bonds is 2. The second kappa shape index (κ2) is 5.70. The van der Waals surface area contributed by atoms with Gasteiger partial charge in [-0.1, -0.05) is 23.2 Å². The summed E-state index contributed by atoms with van der Waals surface area (Å²) in [5.41, 5.74) is 0.286. The number of aliphatic hydroxyl groups is 1. The van der Waals surface area contributed by atoms with Crippen LogP contribution in [0.15, 0.2) is 11.0 Å². The third-order valence-corrected chi connectivity index (χ3v) is 7.05. The van der Waals surface area contributed by atoms with E-state index < -0.39 is 15.6 Å². The second-order valence-corrected chi connectivity index (χ2v) is 8.50. The molecular weight excluding hydrogens is 333 g/mol. The van der Waals surface area contributed by atoms with Gasteiger partial charge < -0.3 is 5.11 Å². The molecule has 118 valence electrons. The number of halogens is 2. The maximum Gasteiger partial charge on any atom is 0.244 e. The number of hydrogen-bond donors (Lipinski definition) is 1. The van der Waals surface area contributed by atoms with Gasteiger partial charge in [0.15, 0.2) is 0 Å². The number of aryl methyl sites for hydroxylation is 1. The highest BCUT2D eigenvalue weighted by atomic mass is 35.5. The molecule has 2 rings (SSSR count). The van der Waals surface area contributed by atoms with Crippen molar-refractivity contribution in [1.29, 1.82) is 0 Å². The van der Waals surface area contributed by atoms with E-state index in [2.05, 4.69) is 0 Å². The average Bonchev–Trinajstić information content (AvgIpc) is 2.36. The summed E-state index contributed by atoms with van der Waals surface area (Å²) < 4.78 is 27.1. The Labute approximate surface area is 135 Å². The Morgan fingerprint density at radius 3 is 2.29 bits per heavy atom. The molecule has 1 aromatic rings. The molecule has 1 heterocycles. The van der Waals surface area contributed by atoms with E-state index in [4.69, 9.17) is 23.2 Å². The molecule has 21 heavy (non-hydrogen) atoms. The molecule has 0 bridgehead atoms. The van der Waals surface area contributed by atoms with Crippen molar-refractivity contribution >= 4 is 33.2 Å². The van der Waals surface area contributed by atoms with Crippen LogP contribution in [0.25, 0.3) is 0 Å². The van der Waals surface area contributed by atoms with E-state index in [0.717, 1.165) is 0 Å². The van der Waals surface area contributed by atoms with Crippen molar-refractivity contribution in [3.63, 3.8) is 0 Å². The van der Waals surface area contributed by atoms with Crippen LogP contribution in [0.3, 0.4) is 0 Å². The molecule has 1 aliphatic heterocycles. The summed E-state index contributed by atoms with van der Waals surface area (Å²) in [5.74, 6) is 0. The van der Waals surface area contributed by atoms with Crippen LogP contribution in [0.4, 0.5) is 0 Å². The van der Waals surface area contributed by atoms with Crippen LogP contribution in [-0.2, 0) is 10.0 Å². The molecule has 0 radical (unpaired) electrons. The molecule has 0 saturated carbocycles. The van der Waals surface area contributed by atoms with E-state index >= 15 is 0 Å². The molecule has 4 nitrogen and oxygen atoms in total. The quantitative estimate of drug-likeness (QED) is 0.890. The Kier molecular flexibility index (Phi) is 4.63. The van der Waals surface area contributed by atoms with Crippen molar-refractivity contribution in [1.82, 2.24) is 4.31 Å².